The van der Waals surface area contributed by atoms with Crippen molar-refractivity contribution >= 4 is 28.3 Å². The number of nitrogens with one attached hydrogen (secondary N) is 1. The Morgan fingerprint density at radius 2 is 2.06 bits per heavy atom. The van der Waals surface area contributed by atoms with E-state index in [2.05, 4.69) is 5.32 Å². The lowest BCUT2D eigenvalue weighted by atomic mass is 10.2. The molecule has 1 rings (SSSR count). The van der Waals surface area contributed by atoms with Crippen molar-refractivity contribution in [1.82, 2.24) is 0 Å². The van der Waals surface area contributed by atoms with Crippen molar-refractivity contribution < 1.29 is 14.3 Å². The Hall–Kier alpha value is -1.56. The van der Waals surface area contributed by atoms with E-state index in [1.807, 2.05) is 0 Å². The highest BCUT2D eigenvalue weighted by molar-refractivity contribution is 7.14. The summed E-state index contributed by atoms with van der Waals surface area (Å²) in [6, 6.07) is 0.886. The fourth-order valence-electron chi connectivity index (χ4n) is 1.01. The Morgan fingerprint density at radius 1 is 1.44 bits per heavy atom. The molecule has 1 heterocycles. The van der Waals surface area contributed by atoms with Gasteiger partial charge in [-0.2, -0.15) is 0 Å². The van der Waals surface area contributed by atoms with E-state index in [0.29, 0.717) is 10.6 Å². The first-order valence-electron chi connectivity index (χ1n) is 4.67. The second-order valence-electron chi connectivity index (χ2n) is 4.15. The van der Waals surface area contributed by atoms with Crippen molar-refractivity contribution in [1.29, 1.82) is 0 Å². The number of thiophene rings is 1. The monoisotopic (exact) mass is 242 g/mol. The van der Waals surface area contributed by atoms with Crippen LogP contribution in [0.25, 0.3) is 0 Å². The Kier molecular flexibility index (Phi) is 3.54. The minimum absolute atomic E-state index is 0.318. The summed E-state index contributed by atoms with van der Waals surface area (Å²) in [4.78, 5) is 22.4. The van der Waals surface area contributed by atoms with Crippen molar-refractivity contribution in [3.8, 4) is 0 Å². The molecule has 2 amide bonds. The van der Waals surface area contributed by atoms with E-state index in [-0.39, 0.29) is 0 Å². The van der Waals surface area contributed by atoms with E-state index in [0.717, 1.165) is 0 Å². The summed E-state index contributed by atoms with van der Waals surface area (Å²) >= 11 is 1.22. The molecule has 0 radical (unpaired) electrons. The largest absolute Gasteiger partial charge is 0.456 e. The number of carbonyl (C=O) groups excluding carboxylic acids is 2. The molecular formula is C10H14N2O3S. The smallest absolute Gasteiger partial charge is 0.341 e. The van der Waals surface area contributed by atoms with Crippen LogP contribution in [0.5, 0.6) is 0 Å². The lowest BCUT2D eigenvalue weighted by Gasteiger charge is -2.19. The molecule has 1 aromatic rings. The van der Waals surface area contributed by atoms with Crippen molar-refractivity contribution in [3.63, 3.8) is 0 Å². The first-order chi connectivity index (χ1) is 7.29. The molecule has 0 atom stereocenters. The van der Waals surface area contributed by atoms with Crippen LogP contribution in [0.2, 0.25) is 0 Å². The van der Waals surface area contributed by atoms with Gasteiger partial charge in [-0.15, -0.1) is 11.3 Å². The van der Waals surface area contributed by atoms with Crippen molar-refractivity contribution in [2.45, 2.75) is 26.4 Å². The lowest BCUT2D eigenvalue weighted by molar-refractivity contribution is 0.00713. The standard InChI is InChI=1S/C10H14N2O3S/c1-10(2,3)15-8(13)6-4-5-16-7(6)12-9(11)14/h4-5H,1-3H3,(H3,11,12,14). The number of hydrogen-bond acceptors (Lipinski definition) is 4. The number of anilines is 1. The van der Waals surface area contributed by atoms with E-state index in [4.69, 9.17) is 10.5 Å². The molecule has 0 spiro atoms. The average Bonchev–Trinajstić information content (AvgIpc) is 2.47. The lowest BCUT2D eigenvalue weighted by Crippen LogP contribution is -2.25. The Labute approximate surface area is 97.6 Å². The summed E-state index contributed by atoms with van der Waals surface area (Å²) in [5.74, 6) is -0.475. The van der Waals surface area contributed by atoms with Crippen LogP contribution in [-0.4, -0.2) is 17.6 Å². The van der Waals surface area contributed by atoms with E-state index >= 15 is 0 Å². The second-order valence-corrected chi connectivity index (χ2v) is 5.07. The van der Waals surface area contributed by atoms with Crippen LogP contribution in [-0.2, 0) is 4.74 Å². The van der Waals surface area contributed by atoms with Gasteiger partial charge in [0.2, 0.25) is 0 Å². The maximum atomic E-state index is 11.7. The number of ether oxygens (including phenoxy) is 1. The molecule has 16 heavy (non-hydrogen) atoms. The van der Waals surface area contributed by atoms with Gasteiger partial charge in [0.05, 0.1) is 5.56 Å². The third-order valence-corrected chi connectivity index (χ3v) is 2.35. The molecule has 0 bridgehead atoms. The highest BCUT2D eigenvalue weighted by atomic mass is 32.1. The number of hydrogen-bond donors (Lipinski definition) is 2. The zero-order valence-electron chi connectivity index (χ0n) is 9.37. The average molecular weight is 242 g/mol. The van der Waals surface area contributed by atoms with Crippen molar-refractivity contribution in [2.75, 3.05) is 5.32 Å². The molecule has 88 valence electrons. The van der Waals surface area contributed by atoms with Crippen LogP contribution in [0.1, 0.15) is 31.1 Å². The first-order valence-corrected chi connectivity index (χ1v) is 5.55. The number of rotatable bonds is 2. The molecule has 1 aromatic heterocycles. The van der Waals surface area contributed by atoms with E-state index in [1.54, 1.807) is 32.2 Å². The predicted molar refractivity (Wildman–Crippen MR) is 62.7 cm³/mol. The van der Waals surface area contributed by atoms with Gasteiger partial charge in [0.25, 0.3) is 0 Å². The third kappa shape index (κ3) is 3.54. The zero-order valence-corrected chi connectivity index (χ0v) is 10.2. The normalized spacial score (nSPS) is 10.9. The molecule has 0 aliphatic heterocycles. The van der Waals surface area contributed by atoms with Crippen LogP contribution in [0.15, 0.2) is 11.4 Å². The number of amides is 2. The number of carbonyl (C=O) groups is 2. The summed E-state index contributed by atoms with van der Waals surface area (Å²) in [6.07, 6.45) is 0. The molecule has 0 aromatic carbocycles. The summed E-state index contributed by atoms with van der Waals surface area (Å²) in [5, 5.41) is 4.47. The predicted octanol–water partition coefficient (Wildman–Crippen LogP) is 2.19. The van der Waals surface area contributed by atoms with Crippen LogP contribution >= 0.6 is 11.3 Å². The molecule has 6 heteroatoms. The summed E-state index contributed by atoms with van der Waals surface area (Å²) < 4.78 is 5.18. The first kappa shape index (κ1) is 12.5. The summed E-state index contributed by atoms with van der Waals surface area (Å²) in [6.45, 7) is 5.33. The molecule has 0 fully saturated rings. The molecule has 0 saturated carbocycles. The molecular weight excluding hydrogens is 228 g/mol. The van der Waals surface area contributed by atoms with E-state index < -0.39 is 17.6 Å². The van der Waals surface area contributed by atoms with Gasteiger partial charge >= 0.3 is 12.0 Å². The van der Waals surface area contributed by atoms with Gasteiger partial charge in [-0.25, -0.2) is 9.59 Å². The van der Waals surface area contributed by atoms with Crippen LogP contribution in [0.3, 0.4) is 0 Å². The topological polar surface area (TPSA) is 81.4 Å². The van der Waals surface area contributed by atoms with Gasteiger partial charge in [0.15, 0.2) is 0 Å². The zero-order chi connectivity index (χ0) is 12.3. The minimum Gasteiger partial charge on any atom is -0.456 e. The third-order valence-electron chi connectivity index (χ3n) is 1.52. The highest BCUT2D eigenvalue weighted by Gasteiger charge is 2.21. The minimum atomic E-state index is -0.702. The van der Waals surface area contributed by atoms with Gasteiger partial charge < -0.3 is 10.5 Å². The maximum absolute atomic E-state index is 11.7. The Balaban J connectivity index is 2.84. The number of urea groups is 1. The van der Waals surface area contributed by atoms with Gasteiger partial charge in [0, 0.05) is 0 Å². The summed E-state index contributed by atoms with van der Waals surface area (Å²) in [5.41, 5.74) is 4.74. The Morgan fingerprint density at radius 3 is 2.56 bits per heavy atom. The number of esters is 1. The number of nitrogens with two attached hydrogens (primary N) is 1. The molecule has 0 saturated heterocycles. The van der Waals surface area contributed by atoms with Gasteiger partial charge in [-0.1, -0.05) is 0 Å². The van der Waals surface area contributed by atoms with Gasteiger partial charge in [0.1, 0.15) is 10.6 Å². The quantitative estimate of drug-likeness (QED) is 0.780. The van der Waals surface area contributed by atoms with E-state index in [1.165, 1.54) is 11.3 Å². The van der Waals surface area contributed by atoms with Gasteiger partial charge in [-0.05, 0) is 32.2 Å². The van der Waals surface area contributed by atoms with Crippen LogP contribution in [0.4, 0.5) is 9.80 Å². The van der Waals surface area contributed by atoms with Gasteiger partial charge in [-0.3, -0.25) is 5.32 Å². The fourth-order valence-corrected chi connectivity index (χ4v) is 1.79. The Bertz CT molecular complexity index is 406. The summed E-state index contributed by atoms with van der Waals surface area (Å²) in [7, 11) is 0. The van der Waals surface area contributed by atoms with Crippen molar-refractivity contribution in [3.05, 3.63) is 17.0 Å². The molecule has 3 N–H and O–H groups in total. The molecule has 0 aliphatic carbocycles. The van der Waals surface area contributed by atoms with Crippen molar-refractivity contribution in [2.24, 2.45) is 5.73 Å². The SMILES string of the molecule is CC(C)(C)OC(=O)c1ccsc1NC(N)=O. The molecule has 5 nitrogen and oxygen atoms in total. The van der Waals surface area contributed by atoms with Crippen LogP contribution < -0.4 is 11.1 Å². The maximum Gasteiger partial charge on any atom is 0.341 e. The second kappa shape index (κ2) is 4.52. The molecule has 0 aliphatic rings. The fraction of sp³-hybridized carbons (Fsp3) is 0.400. The van der Waals surface area contributed by atoms with Crippen LogP contribution in [0, 0.1) is 0 Å². The number of primary amides is 1. The molecule has 0 unspecified atom stereocenters. The highest BCUT2D eigenvalue weighted by Crippen LogP contribution is 2.25. The van der Waals surface area contributed by atoms with E-state index in [9.17, 15) is 9.59 Å².